The van der Waals surface area contributed by atoms with E-state index in [0.29, 0.717) is 0 Å². The van der Waals surface area contributed by atoms with Crippen LogP contribution in [0.3, 0.4) is 0 Å². The Hall–Kier alpha value is 0.983. The molecule has 0 radical (unpaired) electrons. The molecule has 16 nitrogen and oxygen atoms in total. The first-order valence-electron chi connectivity index (χ1n) is 15.3. The van der Waals surface area contributed by atoms with Gasteiger partial charge in [-0.25, -0.2) is 0 Å². The zero-order valence-electron chi connectivity index (χ0n) is 28.8. The summed E-state index contributed by atoms with van der Waals surface area (Å²) in [5, 5.41) is 0. The second-order valence-corrected chi connectivity index (χ2v) is 22.2. The molecule has 0 N–H and O–H groups in total. The van der Waals surface area contributed by atoms with E-state index in [4.69, 9.17) is 51.2 Å². The Morgan fingerprint density at radius 1 is 0.356 bits per heavy atom. The van der Waals surface area contributed by atoms with Crippen LogP contribution in [0.15, 0.2) is 0 Å². The number of hydrogen-bond acceptors (Lipinski definition) is 16. The third kappa shape index (κ3) is 14.0. The van der Waals surface area contributed by atoms with Crippen molar-refractivity contribution in [1.29, 1.82) is 0 Å². The predicted octanol–water partition coefficient (Wildman–Crippen LogP) is 7.94. The van der Waals surface area contributed by atoms with E-state index in [-0.39, 0.29) is 52.9 Å². The van der Waals surface area contributed by atoms with Crippen molar-refractivity contribution in [2.75, 3.05) is 52.9 Å². The van der Waals surface area contributed by atoms with Crippen molar-refractivity contribution in [3.8, 4) is 0 Å². The molecule has 0 saturated heterocycles. The average Bonchev–Trinajstić information content (AvgIpc) is 2.94. The van der Waals surface area contributed by atoms with Crippen LogP contribution in [0.2, 0.25) is 0 Å². The Morgan fingerprint density at radius 3 is 0.600 bits per heavy atom. The van der Waals surface area contributed by atoms with Gasteiger partial charge < -0.3 is 0 Å². The molecule has 0 saturated carbocycles. The predicted molar refractivity (Wildman–Crippen MR) is 171 cm³/mol. The molecule has 0 aliphatic carbocycles. The molecule has 0 heterocycles. The molecule has 0 aromatic carbocycles. The van der Waals surface area contributed by atoms with Crippen LogP contribution in [0.1, 0.15) is 83.1 Å². The minimum atomic E-state index is -5.79. The van der Waals surface area contributed by atoms with Gasteiger partial charge in [0.05, 0.1) is 0 Å². The van der Waals surface area contributed by atoms with E-state index >= 15 is 0 Å². The molecule has 0 aliphatic heterocycles. The number of hydrogen-bond donors (Lipinski definition) is 0. The zero-order valence-corrected chi connectivity index (χ0v) is 34.5. The summed E-state index contributed by atoms with van der Waals surface area (Å²) in [5.74, 6) is -5.72. The van der Waals surface area contributed by atoms with Gasteiger partial charge in [-0.05, 0) is 0 Å². The second-order valence-electron chi connectivity index (χ2n) is 8.87. The average molecular weight is 797 g/mol. The van der Waals surface area contributed by atoms with Crippen LogP contribution < -0.4 is 0 Å². The molecule has 0 amide bonds. The molecular weight excluding hydrogens is 741 g/mol. The first-order chi connectivity index (χ1) is 21.0. The molecule has 0 aromatic rings. The third-order valence-corrected chi connectivity index (χ3v) is 21.5. The fourth-order valence-corrected chi connectivity index (χ4v) is 19.2. The Kier molecular flexibility index (Phi) is 22.4. The van der Waals surface area contributed by atoms with Crippen molar-refractivity contribution >= 4 is 45.0 Å². The summed E-state index contributed by atoms with van der Waals surface area (Å²) in [5.41, 5.74) is 0. The first kappa shape index (κ1) is 46.0. The molecule has 0 rings (SSSR count). The fourth-order valence-electron chi connectivity index (χ4n) is 3.69. The molecule has 272 valence electrons. The second kappa shape index (κ2) is 21.9. The summed E-state index contributed by atoms with van der Waals surface area (Å²) in [6.07, 6.45) is 0. The molecule has 0 aliphatic rings. The van der Waals surface area contributed by atoms with Crippen molar-refractivity contribution in [3.63, 3.8) is 0 Å². The van der Waals surface area contributed by atoms with Gasteiger partial charge in [0.2, 0.25) is 0 Å². The molecule has 0 aromatic heterocycles. The maximum atomic E-state index is 13.8. The Bertz CT molecular complexity index is 822. The van der Waals surface area contributed by atoms with Crippen LogP contribution in [-0.2, 0) is 69.5 Å². The first-order valence-corrected chi connectivity index (χ1v) is 25.1. The Balaban J connectivity index is 7.50. The monoisotopic (exact) mass is 798 g/mol. The molecule has 0 spiro atoms. The minimum absolute atomic E-state index is 0.00555. The van der Waals surface area contributed by atoms with Crippen LogP contribution >= 0.6 is 30.4 Å². The number of rotatable bonds is 28. The molecule has 0 fully saturated rings. The van der Waals surface area contributed by atoms with Gasteiger partial charge in [0.15, 0.2) is 0 Å². The zero-order chi connectivity index (χ0) is 35.0. The van der Waals surface area contributed by atoms with E-state index in [0.717, 1.165) is 0 Å². The van der Waals surface area contributed by atoms with E-state index in [2.05, 4.69) is 0 Å². The van der Waals surface area contributed by atoms with Gasteiger partial charge >= 0.3 is 274 Å². The van der Waals surface area contributed by atoms with Crippen LogP contribution in [0.4, 0.5) is 0 Å². The SMILES string of the molecule is CCOP(=O)(OCC)C(C)[O][Ge]([O]C(C)P(=O)(OCC)OCC)([O]C(C)P(=O)(OCC)OCC)[O]C(C)P(=O)(OCC)OCC. The Morgan fingerprint density at radius 2 is 0.489 bits per heavy atom. The van der Waals surface area contributed by atoms with Crippen LogP contribution in [0.25, 0.3) is 0 Å². The van der Waals surface area contributed by atoms with Gasteiger partial charge in [0, 0.05) is 0 Å². The normalized spacial score (nSPS) is 17.5. The van der Waals surface area contributed by atoms with E-state index in [1.54, 1.807) is 55.4 Å². The van der Waals surface area contributed by atoms with Gasteiger partial charge in [0.1, 0.15) is 0 Å². The quantitative estimate of drug-likeness (QED) is 0.0550. The van der Waals surface area contributed by atoms with E-state index in [9.17, 15) is 18.3 Å². The summed E-state index contributed by atoms with van der Waals surface area (Å²) in [6, 6.07) is 0. The summed E-state index contributed by atoms with van der Waals surface area (Å²) in [7, 11) is -16.2. The van der Waals surface area contributed by atoms with Crippen molar-refractivity contribution in [2.45, 2.75) is 106 Å². The van der Waals surface area contributed by atoms with Gasteiger partial charge in [-0.2, -0.15) is 0 Å². The molecule has 45 heavy (non-hydrogen) atoms. The van der Waals surface area contributed by atoms with Gasteiger partial charge in [-0.1, -0.05) is 0 Å². The van der Waals surface area contributed by atoms with Crippen molar-refractivity contribution in [2.24, 2.45) is 0 Å². The van der Waals surface area contributed by atoms with Crippen LogP contribution in [-0.4, -0.2) is 90.8 Å². The van der Waals surface area contributed by atoms with Crippen LogP contribution in [0, 0.1) is 0 Å². The van der Waals surface area contributed by atoms with E-state index in [1.807, 2.05) is 0 Å². The van der Waals surface area contributed by atoms with Crippen LogP contribution in [0.5, 0.6) is 0 Å². The van der Waals surface area contributed by atoms with Crippen molar-refractivity contribution in [3.05, 3.63) is 0 Å². The summed E-state index contributed by atoms with van der Waals surface area (Å²) in [4.78, 5) is 0. The maximum absolute atomic E-state index is 13.8. The van der Waals surface area contributed by atoms with Crippen molar-refractivity contribution < 1.29 is 69.5 Å². The van der Waals surface area contributed by atoms with Gasteiger partial charge in [0.25, 0.3) is 0 Å². The third-order valence-electron chi connectivity index (χ3n) is 5.51. The molecule has 4 atom stereocenters. The Labute approximate surface area is 273 Å². The molecule has 4 unspecified atom stereocenters. The molecular formula is C24H56GeO16P4. The summed E-state index contributed by atoms with van der Waals surface area (Å²) < 4.78 is 124. The van der Waals surface area contributed by atoms with E-state index < -0.39 is 68.4 Å². The summed E-state index contributed by atoms with van der Waals surface area (Å²) in [6.45, 7) is 18.4. The standard InChI is InChI=1S/C24H56GeO16P4/c1-13-30-42(26,31-14-2)21(9)38-25(39-22(10)43(27,32-15-3)33-16-4,40-23(11)44(28,34-17-5)35-18-6)41-24(12)45(29,36-19-7)37-20-8/h21-24H,13-20H2,1-12H3. The topological polar surface area (TPSA) is 179 Å². The molecule has 21 heteroatoms. The van der Waals surface area contributed by atoms with Gasteiger partial charge in [-0.3, -0.25) is 0 Å². The van der Waals surface area contributed by atoms with Crippen molar-refractivity contribution in [1.82, 2.24) is 0 Å². The van der Waals surface area contributed by atoms with Gasteiger partial charge in [-0.15, -0.1) is 0 Å². The summed E-state index contributed by atoms with van der Waals surface area (Å²) >= 11 is -5.79. The fraction of sp³-hybridized carbons (Fsp3) is 1.00. The van der Waals surface area contributed by atoms with E-state index in [1.165, 1.54) is 27.7 Å². The molecule has 0 bridgehead atoms.